The zero-order chi connectivity index (χ0) is 20.9. The summed E-state index contributed by atoms with van der Waals surface area (Å²) in [5, 5.41) is 0. The van der Waals surface area contributed by atoms with Crippen LogP contribution < -0.4 is 9.47 Å². The van der Waals surface area contributed by atoms with Gasteiger partial charge in [-0.3, -0.25) is 0 Å². The van der Waals surface area contributed by atoms with Gasteiger partial charge in [-0.05, 0) is 72.8 Å². The van der Waals surface area contributed by atoms with Crippen LogP contribution in [0.1, 0.15) is 0 Å². The second kappa shape index (κ2) is 8.59. The van der Waals surface area contributed by atoms with E-state index in [2.05, 4.69) is 4.98 Å². The summed E-state index contributed by atoms with van der Waals surface area (Å²) in [7, 11) is 0. The van der Waals surface area contributed by atoms with Crippen LogP contribution >= 0.6 is 0 Å². The van der Waals surface area contributed by atoms with E-state index in [0.717, 1.165) is 34.1 Å². The zero-order valence-corrected chi connectivity index (χ0v) is 16.6. The fourth-order valence-electron chi connectivity index (χ4n) is 3.14. The van der Waals surface area contributed by atoms with Gasteiger partial charge in [0.25, 0.3) is 0 Å². The average Bonchev–Trinajstić information content (AvgIpc) is 3.32. The van der Waals surface area contributed by atoms with E-state index in [0.29, 0.717) is 11.7 Å². The van der Waals surface area contributed by atoms with Gasteiger partial charge in [0.05, 0.1) is 6.20 Å². The van der Waals surface area contributed by atoms with Gasteiger partial charge in [-0.15, -0.1) is 0 Å². The molecule has 0 amide bonds. The van der Waals surface area contributed by atoms with Gasteiger partial charge in [-0.25, -0.2) is 4.98 Å². The lowest BCUT2D eigenvalue weighted by molar-refractivity contribution is 0.482. The smallest absolute Gasteiger partial charge is 0.226 e. The fraction of sp³-hybridized carbons (Fsp3) is 0. The van der Waals surface area contributed by atoms with Crippen LogP contribution in [0, 0.1) is 0 Å². The first-order chi connectivity index (χ1) is 15.3. The Hall–Kier alpha value is -4.31. The van der Waals surface area contributed by atoms with Crippen LogP contribution in [0.25, 0.3) is 22.8 Å². The number of rotatable bonds is 6. The van der Waals surface area contributed by atoms with Crippen molar-refractivity contribution in [3.8, 4) is 45.8 Å². The quantitative estimate of drug-likeness (QED) is 0.292. The molecule has 0 atom stereocenters. The Bertz CT molecular complexity index is 1150. The summed E-state index contributed by atoms with van der Waals surface area (Å²) in [5.74, 6) is 4.39. The van der Waals surface area contributed by atoms with Crippen molar-refractivity contribution < 1.29 is 13.9 Å². The summed E-state index contributed by atoms with van der Waals surface area (Å²) in [4.78, 5) is 4.43. The molecule has 1 heterocycles. The molecule has 4 aromatic carbocycles. The largest absolute Gasteiger partial charge is 0.457 e. The van der Waals surface area contributed by atoms with Crippen molar-refractivity contribution in [3.63, 3.8) is 0 Å². The summed E-state index contributed by atoms with van der Waals surface area (Å²) in [6.07, 6.45) is 1.73. The highest BCUT2D eigenvalue weighted by atomic mass is 16.5. The molecule has 0 N–H and O–H groups in total. The fourth-order valence-corrected chi connectivity index (χ4v) is 3.14. The van der Waals surface area contributed by atoms with Crippen LogP contribution in [-0.4, -0.2) is 4.98 Å². The van der Waals surface area contributed by atoms with E-state index in [1.165, 1.54) is 0 Å². The van der Waals surface area contributed by atoms with E-state index in [-0.39, 0.29) is 0 Å². The first-order valence-electron chi connectivity index (χ1n) is 9.96. The van der Waals surface area contributed by atoms with Crippen molar-refractivity contribution in [3.05, 3.63) is 115 Å². The van der Waals surface area contributed by atoms with Crippen molar-refractivity contribution in [1.29, 1.82) is 0 Å². The Balaban J connectivity index is 1.28. The van der Waals surface area contributed by atoms with E-state index in [4.69, 9.17) is 13.9 Å². The summed E-state index contributed by atoms with van der Waals surface area (Å²) in [6, 6.07) is 34.8. The highest BCUT2D eigenvalue weighted by Crippen LogP contribution is 2.30. The maximum Gasteiger partial charge on any atom is 0.226 e. The minimum absolute atomic E-state index is 0.561. The van der Waals surface area contributed by atoms with Crippen LogP contribution in [0.2, 0.25) is 0 Å². The van der Waals surface area contributed by atoms with Gasteiger partial charge < -0.3 is 13.9 Å². The predicted octanol–water partition coefficient (Wildman–Crippen LogP) is 7.59. The number of benzene rings is 4. The molecule has 0 spiro atoms. The molecule has 1 aromatic heterocycles. The van der Waals surface area contributed by atoms with Gasteiger partial charge in [-0.1, -0.05) is 36.4 Å². The SMILES string of the molecule is c1ccc(Oc2ccc(-c3cnc(-c4ccc(Oc5ccccc5)cc4)o3)cc2)cc1. The highest BCUT2D eigenvalue weighted by molar-refractivity contribution is 5.62. The Morgan fingerprint density at radius 1 is 0.484 bits per heavy atom. The Kier molecular flexibility index (Phi) is 5.18. The molecule has 0 aliphatic rings. The molecule has 4 nitrogen and oxygen atoms in total. The molecule has 0 radical (unpaired) electrons. The first kappa shape index (κ1) is 18.7. The molecule has 150 valence electrons. The maximum atomic E-state index is 5.98. The Labute approximate surface area is 180 Å². The minimum atomic E-state index is 0.561. The van der Waals surface area contributed by atoms with Crippen LogP contribution in [0.5, 0.6) is 23.0 Å². The highest BCUT2D eigenvalue weighted by Gasteiger charge is 2.09. The summed E-state index contributed by atoms with van der Waals surface area (Å²) in [6.45, 7) is 0. The summed E-state index contributed by atoms with van der Waals surface area (Å²) < 4.78 is 17.7. The van der Waals surface area contributed by atoms with Crippen LogP contribution in [0.4, 0.5) is 0 Å². The molecule has 4 heteroatoms. The Morgan fingerprint density at radius 3 is 1.45 bits per heavy atom. The molecular weight excluding hydrogens is 386 g/mol. The predicted molar refractivity (Wildman–Crippen MR) is 120 cm³/mol. The second-order valence-electron chi connectivity index (χ2n) is 6.91. The monoisotopic (exact) mass is 405 g/mol. The standard InChI is InChI=1S/C27H19NO3/c1-3-7-22(8-4-1)29-24-15-11-20(12-16-24)26-19-28-27(31-26)21-13-17-25(18-14-21)30-23-9-5-2-6-10-23/h1-19H. The van der Waals surface area contributed by atoms with Gasteiger partial charge in [0.2, 0.25) is 5.89 Å². The number of para-hydroxylation sites is 2. The number of oxazole rings is 1. The zero-order valence-electron chi connectivity index (χ0n) is 16.6. The molecule has 5 aromatic rings. The van der Waals surface area contributed by atoms with Crippen molar-refractivity contribution in [2.45, 2.75) is 0 Å². The van der Waals surface area contributed by atoms with Crippen molar-refractivity contribution in [2.24, 2.45) is 0 Å². The summed E-state index contributed by atoms with van der Waals surface area (Å²) >= 11 is 0. The van der Waals surface area contributed by atoms with Gasteiger partial charge >= 0.3 is 0 Å². The van der Waals surface area contributed by atoms with Gasteiger partial charge in [0.15, 0.2) is 5.76 Å². The van der Waals surface area contributed by atoms with E-state index < -0.39 is 0 Å². The lowest BCUT2D eigenvalue weighted by atomic mass is 10.2. The topological polar surface area (TPSA) is 44.5 Å². The summed E-state index contributed by atoms with van der Waals surface area (Å²) in [5.41, 5.74) is 1.82. The van der Waals surface area contributed by atoms with Crippen LogP contribution in [-0.2, 0) is 0 Å². The third-order valence-corrected chi connectivity index (χ3v) is 4.70. The number of ether oxygens (including phenoxy) is 2. The number of hydrogen-bond acceptors (Lipinski definition) is 4. The van der Waals surface area contributed by atoms with E-state index in [1.54, 1.807) is 6.20 Å². The second-order valence-corrected chi connectivity index (χ2v) is 6.91. The number of aromatic nitrogens is 1. The average molecular weight is 405 g/mol. The third kappa shape index (κ3) is 4.49. The number of hydrogen-bond donors (Lipinski definition) is 0. The van der Waals surface area contributed by atoms with Crippen molar-refractivity contribution >= 4 is 0 Å². The molecule has 0 saturated heterocycles. The normalized spacial score (nSPS) is 10.6. The maximum absolute atomic E-state index is 5.98. The molecule has 0 aliphatic heterocycles. The Morgan fingerprint density at radius 2 is 0.935 bits per heavy atom. The molecule has 31 heavy (non-hydrogen) atoms. The van der Waals surface area contributed by atoms with Crippen molar-refractivity contribution in [1.82, 2.24) is 4.98 Å². The van der Waals surface area contributed by atoms with Crippen molar-refractivity contribution in [2.75, 3.05) is 0 Å². The van der Waals surface area contributed by atoms with Gasteiger partial charge in [0.1, 0.15) is 23.0 Å². The molecule has 0 fully saturated rings. The lowest BCUT2D eigenvalue weighted by Gasteiger charge is -2.06. The van der Waals surface area contributed by atoms with E-state index in [1.807, 2.05) is 109 Å². The molecule has 5 rings (SSSR count). The molecule has 0 aliphatic carbocycles. The molecular formula is C27H19NO3. The molecule has 0 saturated carbocycles. The van der Waals surface area contributed by atoms with E-state index >= 15 is 0 Å². The third-order valence-electron chi connectivity index (χ3n) is 4.70. The molecule has 0 bridgehead atoms. The van der Waals surface area contributed by atoms with Crippen LogP contribution in [0.15, 0.2) is 120 Å². The lowest BCUT2D eigenvalue weighted by Crippen LogP contribution is -1.84. The molecule has 0 unspecified atom stereocenters. The van der Waals surface area contributed by atoms with E-state index in [9.17, 15) is 0 Å². The van der Waals surface area contributed by atoms with Gasteiger partial charge in [-0.2, -0.15) is 0 Å². The minimum Gasteiger partial charge on any atom is -0.457 e. The number of nitrogens with zero attached hydrogens (tertiary/aromatic N) is 1. The van der Waals surface area contributed by atoms with Crippen LogP contribution in [0.3, 0.4) is 0 Å². The first-order valence-corrected chi connectivity index (χ1v) is 9.96. The van der Waals surface area contributed by atoms with Gasteiger partial charge in [0, 0.05) is 11.1 Å².